The van der Waals surface area contributed by atoms with Gasteiger partial charge in [0.05, 0.1) is 17.2 Å². The highest BCUT2D eigenvalue weighted by Crippen LogP contribution is 2.33. The number of nitrogens with zero attached hydrogens (tertiary/aromatic N) is 3. The van der Waals surface area contributed by atoms with E-state index in [0.29, 0.717) is 5.56 Å². The number of hydrogen-bond acceptors (Lipinski definition) is 5. The van der Waals surface area contributed by atoms with Gasteiger partial charge in [0.2, 0.25) is 21.7 Å². The zero-order chi connectivity index (χ0) is 21.5. The number of rotatable bonds is 5. The lowest BCUT2D eigenvalue weighted by molar-refractivity contribution is -0.137. The Bertz CT molecular complexity index is 1150. The maximum Gasteiger partial charge on any atom is 0.416 e. The molecule has 3 aromatic rings. The predicted molar refractivity (Wildman–Crippen MR) is 98.1 cm³/mol. The third-order valence-electron chi connectivity index (χ3n) is 4.74. The lowest BCUT2D eigenvalue weighted by atomic mass is 10.0. The molecule has 1 saturated heterocycles. The fraction of sp³-hybridized carbons (Fsp3) is 0.263. The molecule has 30 heavy (non-hydrogen) atoms. The van der Waals surface area contributed by atoms with E-state index in [-0.39, 0.29) is 42.0 Å². The average Bonchev–Trinajstić information content (AvgIpc) is 3.11. The standard InChI is InChI=1S/C19H15F4N3O3S/c20-16-6-4-12(5-7-16)11-30(27,28)26-9-14(10-26)18-24-17(25-29-18)13-2-1-3-15(8-13)19(21,22)23/h1-8,14H,9-11H2. The van der Waals surface area contributed by atoms with Crippen molar-refractivity contribution in [3.05, 3.63) is 71.4 Å². The summed E-state index contributed by atoms with van der Waals surface area (Å²) >= 11 is 0. The van der Waals surface area contributed by atoms with Crippen molar-refractivity contribution in [3.8, 4) is 11.4 Å². The van der Waals surface area contributed by atoms with Crippen molar-refractivity contribution in [2.24, 2.45) is 0 Å². The molecule has 11 heteroatoms. The van der Waals surface area contributed by atoms with Crippen LogP contribution in [0.4, 0.5) is 17.6 Å². The molecule has 1 fully saturated rings. The van der Waals surface area contributed by atoms with Crippen molar-refractivity contribution in [2.75, 3.05) is 13.1 Å². The van der Waals surface area contributed by atoms with Crippen LogP contribution in [0, 0.1) is 5.82 Å². The Balaban J connectivity index is 1.42. The summed E-state index contributed by atoms with van der Waals surface area (Å²) < 4.78 is 82.9. The molecule has 0 amide bonds. The van der Waals surface area contributed by atoms with Crippen LogP contribution >= 0.6 is 0 Å². The van der Waals surface area contributed by atoms with Crippen molar-refractivity contribution in [2.45, 2.75) is 17.8 Å². The molecule has 0 spiro atoms. The molecule has 1 aliphatic rings. The molecule has 0 radical (unpaired) electrons. The summed E-state index contributed by atoms with van der Waals surface area (Å²) in [6.07, 6.45) is -4.49. The first kappa shape index (κ1) is 20.5. The first-order valence-corrected chi connectivity index (χ1v) is 10.5. The Morgan fingerprint density at radius 2 is 1.80 bits per heavy atom. The van der Waals surface area contributed by atoms with Gasteiger partial charge in [-0.05, 0) is 29.8 Å². The summed E-state index contributed by atoms with van der Waals surface area (Å²) in [7, 11) is -3.60. The maximum absolute atomic E-state index is 13.0. The van der Waals surface area contributed by atoms with E-state index in [1.807, 2.05) is 0 Å². The van der Waals surface area contributed by atoms with Crippen LogP contribution in [0.25, 0.3) is 11.4 Å². The Morgan fingerprint density at radius 3 is 2.47 bits per heavy atom. The van der Waals surface area contributed by atoms with Crippen LogP contribution in [-0.4, -0.2) is 36.0 Å². The number of halogens is 4. The minimum atomic E-state index is -4.49. The van der Waals surface area contributed by atoms with Crippen LogP contribution in [0.15, 0.2) is 53.1 Å². The van der Waals surface area contributed by atoms with Gasteiger partial charge in [0.15, 0.2) is 0 Å². The second-order valence-electron chi connectivity index (χ2n) is 6.93. The van der Waals surface area contributed by atoms with Crippen molar-refractivity contribution < 1.29 is 30.5 Å². The Labute approximate surface area is 169 Å². The normalized spacial score (nSPS) is 15.9. The molecule has 1 aliphatic heterocycles. The van der Waals surface area contributed by atoms with Crippen LogP contribution in [0.3, 0.4) is 0 Å². The van der Waals surface area contributed by atoms with E-state index in [1.54, 1.807) is 0 Å². The third kappa shape index (κ3) is 4.21. The average molecular weight is 441 g/mol. The molecule has 0 saturated carbocycles. The lowest BCUT2D eigenvalue weighted by Gasteiger charge is -2.35. The van der Waals surface area contributed by atoms with Crippen LogP contribution in [0.2, 0.25) is 0 Å². The first-order valence-electron chi connectivity index (χ1n) is 8.85. The molecule has 4 rings (SSSR count). The number of sulfonamides is 1. The Hall–Kier alpha value is -2.79. The van der Waals surface area contributed by atoms with Crippen LogP contribution in [0.5, 0.6) is 0 Å². The predicted octanol–water partition coefficient (Wildman–Crippen LogP) is 3.82. The van der Waals surface area contributed by atoms with Gasteiger partial charge in [0.25, 0.3) is 0 Å². The highest BCUT2D eigenvalue weighted by molar-refractivity contribution is 7.88. The molecule has 0 atom stereocenters. The molecule has 0 unspecified atom stereocenters. The second kappa shape index (κ2) is 7.47. The SMILES string of the molecule is O=S(=O)(Cc1ccc(F)cc1)N1CC(c2nc(-c3cccc(C(F)(F)F)c3)no2)C1. The fourth-order valence-corrected chi connectivity index (χ4v) is 4.67. The fourth-order valence-electron chi connectivity index (χ4n) is 3.06. The summed E-state index contributed by atoms with van der Waals surface area (Å²) in [6, 6.07) is 9.75. The molecule has 0 aliphatic carbocycles. The molecule has 0 bridgehead atoms. The molecule has 1 aromatic heterocycles. The molecular weight excluding hydrogens is 426 g/mol. The number of benzene rings is 2. The van der Waals surface area contributed by atoms with Crippen molar-refractivity contribution in [3.63, 3.8) is 0 Å². The van der Waals surface area contributed by atoms with E-state index < -0.39 is 27.6 Å². The maximum atomic E-state index is 13.0. The summed E-state index contributed by atoms with van der Waals surface area (Å²) in [5.74, 6) is -0.896. The lowest BCUT2D eigenvalue weighted by Crippen LogP contribution is -2.48. The van der Waals surface area contributed by atoms with Crippen molar-refractivity contribution in [1.29, 1.82) is 0 Å². The van der Waals surface area contributed by atoms with E-state index in [2.05, 4.69) is 10.1 Å². The van der Waals surface area contributed by atoms with E-state index in [1.165, 1.54) is 40.7 Å². The van der Waals surface area contributed by atoms with Gasteiger partial charge in [0.1, 0.15) is 5.82 Å². The zero-order valence-corrected chi connectivity index (χ0v) is 16.1. The molecule has 158 valence electrons. The highest BCUT2D eigenvalue weighted by Gasteiger charge is 2.39. The van der Waals surface area contributed by atoms with Crippen LogP contribution in [-0.2, 0) is 22.0 Å². The topological polar surface area (TPSA) is 76.3 Å². The van der Waals surface area contributed by atoms with Crippen LogP contribution < -0.4 is 0 Å². The molecule has 6 nitrogen and oxygen atoms in total. The number of hydrogen-bond donors (Lipinski definition) is 0. The minimum Gasteiger partial charge on any atom is -0.339 e. The third-order valence-corrected chi connectivity index (χ3v) is 6.53. The van der Waals surface area contributed by atoms with E-state index in [9.17, 15) is 26.0 Å². The summed E-state index contributed by atoms with van der Waals surface area (Å²) in [4.78, 5) is 4.13. The monoisotopic (exact) mass is 441 g/mol. The van der Waals surface area contributed by atoms with Gasteiger partial charge in [0, 0.05) is 18.7 Å². The second-order valence-corrected chi connectivity index (χ2v) is 8.90. The molecule has 2 heterocycles. The van der Waals surface area contributed by atoms with Gasteiger partial charge < -0.3 is 4.52 Å². The van der Waals surface area contributed by atoms with Gasteiger partial charge in [-0.1, -0.05) is 29.4 Å². The Morgan fingerprint density at radius 1 is 1.10 bits per heavy atom. The highest BCUT2D eigenvalue weighted by atomic mass is 32.2. The largest absolute Gasteiger partial charge is 0.416 e. The minimum absolute atomic E-state index is 0.00344. The number of aromatic nitrogens is 2. The summed E-state index contributed by atoms with van der Waals surface area (Å²) in [5, 5.41) is 3.72. The van der Waals surface area contributed by atoms with Gasteiger partial charge in [-0.25, -0.2) is 12.8 Å². The molecular formula is C19H15F4N3O3S. The smallest absolute Gasteiger partial charge is 0.339 e. The first-order chi connectivity index (χ1) is 14.1. The van der Waals surface area contributed by atoms with Gasteiger partial charge in [-0.3, -0.25) is 0 Å². The van der Waals surface area contributed by atoms with Crippen molar-refractivity contribution >= 4 is 10.0 Å². The van der Waals surface area contributed by atoms with E-state index in [4.69, 9.17) is 4.52 Å². The Kier molecular flexibility index (Phi) is 5.10. The van der Waals surface area contributed by atoms with Crippen LogP contribution in [0.1, 0.15) is 22.9 Å². The number of alkyl halides is 3. The van der Waals surface area contributed by atoms with Crippen molar-refractivity contribution in [1.82, 2.24) is 14.4 Å². The van der Waals surface area contributed by atoms with Gasteiger partial charge in [-0.2, -0.15) is 22.5 Å². The summed E-state index contributed by atoms with van der Waals surface area (Å²) in [5.41, 5.74) is -0.211. The molecule has 0 N–H and O–H groups in total. The quantitative estimate of drug-likeness (QED) is 0.563. The van der Waals surface area contributed by atoms with E-state index >= 15 is 0 Å². The zero-order valence-electron chi connectivity index (χ0n) is 15.3. The summed E-state index contributed by atoms with van der Waals surface area (Å²) in [6.45, 7) is 0.238. The molecule has 2 aromatic carbocycles. The van der Waals surface area contributed by atoms with Gasteiger partial charge >= 0.3 is 6.18 Å². The van der Waals surface area contributed by atoms with Gasteiger partial charge in [-0.15, -0.1) is 0 Å². The van der Waals surface area contributed by atoms with E-state index in [0.717, 1.165) is 12.1 Å².